The number of hydrogen-bond acceptors (Lipinski definition) is 2. The van der Waals surface area contributed by atoms with Crippen molar-refractivity contribution in [3.63, 3.8) is 0 Å². The Balaban J connectivity index is 1.53. The fourth-order valence-corrected chi connectivity index (χ4v) is 4.19. The zero-order chi connectivity index (χ0) is 14.3. The normalized spacial score (nSPS) is 29.6. The van der Waals surface area contributed by atoms with E-state index in [9.17, 15) is 4.79 Å². The van der Waals surface area contributed by atoms with Gasteiger partial charge in [-0.3, -0.25) is 9.48 Å². The van der Waals surface area contributed by atoms with Crippen LogP contribution in [-0.2, 0) is 11.3 Å². The highest BCUT2D eigenvalue weighted by Gasteiger charge is 2.42. The Kier molecular flexibility index (Phi) is 3.76. The van der Waals surface area contributed by atoms with Gasteiger partial charge in [-0.1, -0.05) is 18.0 Å². The minimum atomic E-state index is 0.0273. The van der Waals surface area contributed by atoms with Crippen LogP contribution in [0.25, 0.3) is 0 Å². The van der Waals surface area contributed by atoms with Gasteiger partial charge < -0.3 is 5.32 Å². The molecule has 0 spiro atoms. The second-order valence-electron chi connectivity index (χ2n) is 6.45. The predicted octanol–water partition coefficient (Wildman–Crippen LogP) is 2.79. The van der Waals surface area contributed by atoms with Crippen molar-refractivity contribution >= 4 is 17.5 Å². The maximum Gasteiger partial charge on any atom is 0.241 e. The van der Waals surface area contributed by atoms with E-state index in [2.05, 4.69) is 17.3 Å². The van der Waals surface area contributed by atoms with Crippen molar-refractivity contribution < 1.29 is 4.79 Å². The first-order valence-electron chi connectivity index (χ1n) is 7.52. The van der Waals surface area contributed by atoms with Crippen LogP contribution in [-0.4, -0.2) is 21.7 Å². The molecule has 0 unspecified atom stereocenters. The second kappa shape index (κ2) is 5.40. The average Bonchev–Trinajstić information content (AvgIpc) is 3.06. The van der Waals surface area contributed by atoms with Crippen LogP contribution in [0.2, 0.25) is 5.02 Å². The summed E-state index contributed by atoms with van der Waals surface area (Å²) in [6, 6.07) is 0.268. The molecule has 1 aromatic rings. The molecular weight excluding hydrogens is 274 g/mol. The van der Waals surface area contributed by atoms with E-state index in [0.29, 0.717) is 10.9 Å². The SMILES string of the molecule is Cc1nn(CC(=O)N[C@H](C)[C@@H]2C[C@@H]3CC[C@@H]2C3)cc1Cl. The van der Waals surface area contributed by atoms with Gasteiger partial charge in [0, 0.05) is 12.2 Å². The molecule has 110 valence electrons. The largest absolute Gasteiger partial charge is 0.352 e. The summed E-state index contributed by atoms with van der Waals surface area (Å²) in [6.07, 6.45) is 7.12. The third-order valence-electron chi connectivity index (χ3n) is 5.02. The van der Waals surface area contributed by atoms with Crippen LogP contribution < -0.4 is 5.32 Å². The lowest BCUT2D eigenvalue weighted by molar-refractivity contribution is -0.122. The highest BCUT2D eigenvalue weighted by atomic mass is 35.5. The summed E-state index contributed by atoms with van der Waals surface area (Å²) in [4.78, 5) is 12.1. The maximum atomic E-state index is 12.1. The molecular formula is C15H22ClN3O. The van der Waals surface area contributed by atoms with Crippen LogP contribution in [0.3, 0.4) is 0 Å². The second-order valence-corrected chi connectivity index (χ2v) is 6.86. The van der Waals surface area contributed by atoms with Crippen LogP contribution in [0, 0.1) is 24.7 Å². The van der Waals surface area contributed by atoms with Gasteiger partial charge in [0.15, 0.2) is 0 Å². The Morgan fingerprint density at radius 3 is 2.90 bits per heavy atom. The minimum absolute atomic E-state index is 0.0273. The molecule has 20 heavy (non-hydrogen) atoms. The molecule has 4 nitrogen and oxygen atoms in total. The fourth-order valence-electron chi connectivity index (χ4n) is 4.03. The van der Waals surface area contributed by atoms with Crippen molar-refractivity contribution in [1.82, 2.24) is 15.1 Å². The van der Waals surface area contributed by atoms with Gasteiger partial charge in [0.05, 0.1) is 10.7 Å². The lowest BCUT2D eigenvalue weighted by Gasteiger charge is -2.28. The average molecular weight is 296 g/mol. The Bertz CT molecular complexity index is 494. The minimum Gasteiger partial charge on any atom is -0.352 e. The van der Waals surface area contributed by atoms with E-state index in [1.807, 2.05) is 6.92 Å². The van der Waals surface area contributed by atoms with Crippen molar-refractivity contribution in [2.75, 3.05) is 0 Å². The fraction of sp³-hybridized carbons (Fsp3) is 0.733. The van der Waals surface area contributed by atoms with Gasteiger partial charge in [-0.15, -0.1) is 0 Å². The van der Waals surface area contributed by atoms with Gasteiger partial charge in [-0.25, -0.2) is 0 Å². The van der Waals surface area contributed by atoms with Gasteiger partial charge >= 0.3 is 0 Å². The third-order valence-corrected chi connectivity index (χ3v) is 5.39. The number of fused-ring (bicyclic) bond motifs is 2. The third kappa shape index (κ3) is 2.71. The molecule has 0 aromatic carbocycles. The molecule has 1 heterocycles. The zero-order valence-electron chi connectivity index (χ0n) is 12.1. The number of halogens is 1. The summed E-state index contributed by atoms with van der Waals surface area (Å²) < 4.78 is 1.61. The van der Waals surface area contributed by atoms with Gasteiger partial charge in [0.25, 0.3) is 0 Å². The smallest absolute Gasteiger partial charge is 0.241 e. The highest BCUT2D eigenvalue weighted by molar-refractivity contribution is 6.31. The lowest BCUT2D eigenvalue weighted by atomic mass is 9.84. The van der Waals surface area contributed by atoms with Crippen molar-refractivity contribution in [2.24, 2.45) is 17.8 Å². The van der Waals surface area contributed by atoms with Crippen LogP contribution >= 0.6 is 11.6 Å². The van der Waals surface area contributed by atoms with E-state index in [1.165, 1.54) is 25.7 Å². The summed E-state index contributed by atoms with van der Waals surface area (Å²) in [5.74, 6) is 2.44. The van der Waals surface area contributed by atoms with Gasteiger partial charge in [0.2, 0.25) is 5.91 Å². The number of rotatable bonds is 4. The molecule has 4 atom stereocenters. The lowest BCUT2D eigenvalue weighted by Crippen LogP contribution is -2.41. The van der Waals surface area contributed by atoms with Crippen molar-refractivity contribution in [3.05, 3.63) is 16.9 Å². The Morgan fingerprint density at radius 2 is 2.35 bits per heavy atom. The van der Waals surface area contributed by atoms with Gasteiger partial charge in [-0.05, 0) is 50.9 Å². The van der Waals surface area contributed by atoms with Crippen molar-refractivity contribution in [2.45, 2.75) is 52.1 Å². The molecule has 2 aliphatic carbocycles. The maximum absolute atomic E-state index is 12.1. The molecule has 0 radical (unpaired) electrons. The first-order valence-corrected chi connectivity index (χ1v) is 7.89. The van der Waals surface area contributed by atoms with Crippen molar-refractivity contribution in [3.8, 4) is 0 Å². The van der Waals surface area contributed by atoms with Crippen LogP contribution in [0.15, 0.2) is 6.20 Å². The molecule has 0 saturated heterocycles. The monoisotopic (exact) mass is 295 g/mol. The standard InChI is InChI=1S/C15H22ClN3O/c1-9(13-6-11-3-4-12(13)5-11)17-15(20)8-19-7-14(16)10(2)18-19/h7,9,11-13H,3-6,8H2,1-2H3,(H,17,20)/t9-,11-,12-,13+/m1/s1. The summed E-state index contributed by atoms with van der Waals surface area (Å²) >= 11 is 5.95. The molecule has 2 bridgehead atoms. The van der Waals surface area contributed by atoms with Crippen LogP contribution in [0.1, 0.15) is 38.3 Å². The Morgan fingerprint density at radius 1 is 1.55 bits per heavy atom. The summed E-state index contributed by atoms with van der Waals surface area (Å²) in [5.41, 5.74) is 0.764. The number of hydrogen-bond donors (Lipinski definition) is 1. The molecule has 3 rings (SSSR count). The molecule has 5 heteroatoms. The molecule has 1 amide bonds. The number of carbonyl (C=O) groups excluding carboxylic acids is 1. The Hall–Kier alpha value is -1.03. The zero-order valence-corrected chi connectivity index (χ0v) is 12.9. The molecule has 1 aromatic heterocycles. The first-order chi connectivity index (χ1) is 9.52. The Labute approximate surface area is 124 Å². The quantitative estimate of drug-likeness (QED) is 0.928. The van der Waals surface area contributed by atoms with Gasteiger partial charge in [-0.2, -0.15) is 5.10 Å². The highest BCUT2D eigenvalue weighted by Crippen LogP contribution is 2.49. The number of amides is 1. The van der Waals surface area contributed by atoms with E-state index in [4.69, 9.17) is 11.6 Å². The first kappa shape index (κ1) is 13.9. The number of aromatic nitrogens is 2. The van der Waals surface area contributed by atoms with E-state index in [1.54, 1.807) is 10.9 Å². The molecule has 2 fully saturated rings. The van der Waals surface area contributed by atoms with E-state index in [0.717, 1.165) is 17.5 Å². The molecule has 2 saturated carbocycles. The molecule has 2 aliphatic rings. The number of carbonyl (C=O) groups is 1. The van der Waals surface area contributed by atoms with Crippen molar-refractivity contribution in [1.29, 1.82) is 0 Å². The summed E-state index contributed by atoms with van der Waals surface area (Å²) in [6.45, 7) is 4.23. The number of nitrogens with zero attached hydrogens (tertiary/aromatic N) is 2. The topological polar surface area (TPSA) is 46.9 Å². The van der Waals surface area contributed by atoms with Crippen LogP contribution in [0.4, 0.5) is 0 Å². The van der Waals surface area contributed by atoms with Gasteiger partial charge in [0.1, 0.15) is 6.54 Å². The van der Waals surface area contributed by atoms with E-state index in [-0.39, 0.29) is 18.5 Å². The molecule has 1 N–H and O–H groups in total. The summed E-state index contributed by atoms with van der Waals surface area (Å²) in [5, 5.41) is 7.97. The predicted molar refractivity (Wildman–Crippen MR) is 78.5 cm³/mol. The van der Waals surface area contributed by atoms with E-state index >= 15 is 0 Å². The molecule has 0 aliphatic heterocycles. The summed E-state index contributed by atoms with van der Waals surface area (Å²) in [7, 11) is 0. The van der Waals surface area contributed by atoms with E-state index < -0.39 is 0 Å². The number of nitrogens with one attached hydrogen (secondary N) is 1. The van der Waals surface area contributed by atoms with Crippen LogP contribution in [0.5, 0.6) is 0 Å². The number of aryl methyl sites for hydroxylation is 1.